The number of nitrogens with two attached hydrogens (primary N) is 1. The van der Waals surface area contributed by atoms with Gasteiger partial charge in [0.2, 0.25) is 5.91 Å². The fourth-order valence-corrected chi connectivity index (χ4v) is 4.68. The smallest absolute Gasteiger partial charge is 0.333 e. The molecule has 2 unspecified atom stereocenters. The van der Waals surface area contributed by atoms with Crippen molar-refractivity contribution in [2.24, 2.45) is 16.2 Å². The first-order valence-electron chi connectivity index (χ1n) is 12.3. The van der Waals surface area contributed by atoms with E-state index in [1.807, 2.05) is 30.1 Å². The Hall–Kier alpha value is -3.00. The molecule has 1 heterocycles. The number of fused-ring (bicyclic) bond motifs is 1. The van der Waals surface area contributed by atoms with Crippen molar-refractivity contribution in [1.29, 1.82) is 0 Å². The highest BCUT2D eigenvalue weighted by molar-refractivity contribution is 5.94. The highest BCUT2D eigenvalue weighted by Crippen LogP contribution is 2.33. The lowest BCUT2D eigenvalue weighted by Crippen LogP contribution is -2.39. The van der Waals surface area contributed by atoms with Crippen molar-refractivity contribution in [2.45, 2.75) is 71.5 Å². The van der Waals surface area contributed by atoms with Crippen molar-refractivity contribution < 1.29 is 14.3 Å². The van der Waals surface area contributed by atoms with Gasteiger partial charge in [-0.25, -0.2) is 4.79 Å². The fraction of sp³-hybridized carbons (Fsp3) is 0.538. The van der Waals surface area contributed by atoms with E-state index in [9.17, 15) is 9.59 Å². The third-order valence-corrected chi connectivity index (χ3v) is 6.31. The standard InChI is InChI=1S/C26H37N5O3/c1-4-13-31(14-5-2)25(32)22-15-21-12-11-20(16-23(21)28-24(17-22)29-30-27)18-7-9-19(10-8-18)26(33)34-6-3/h7,9,11-12,15,23-24,28H,4-6,8,10,13-14,16-17H2,1-3H3,(H2,27,29). The minimum Gasteiger partial charge on any atom is -0.463 e. The molecule has 0 fully saturated rings. The van der Waals surface area contributed by atoms with Gasteiger partial charge < -0.3 is 15.5 Å². The summed E-state index contributed by atoms with van der Waals surface area (Å²) in [6, 6.07) is 0.00272. The molecule has 0 saturated heterocycles. The van der Waals surface area contributed by atoms with Crippen LogP contribution in [0.5, 0.6) is 0 Å². The number of allylic oxidation sites excluding steroid dienone is 5. The third-order valence-electron chi connectivity index (χ3n) is 6.31. The quantitative estimate of drug-likeness (QED) is 0.230. The Morgan fingerprint density at radius 2 is 1.76 bits per heavy atom. The van der Waals surface area contributed by atoms with Crippen molar-refractivity contribution in [1.82, 2.24) is 10.2 Å². The largest absolute Gasteiger partial charge is 0.463 e. The van der Waals surface area contributed by atoms with Crippen LogP contribution in [-0.2, 0) is 14.3 Å². The molecule has 0 saturated carbocycles. The molecule has 2 aliphatic carbocycles. The molecule has 1 amide bonds. The summed E-state index contributed by atoms with van der Waals surface area (Å²) in [6.45, 7) is 7.84. The van der Waals surface area contributed by atoms with Crippen molar-refractivity contribution in [3.63, 3.8) is 0 Å². The lowest BCUT2D eigenvalue weighted by molar-refractivity contribution is -0.138. The zero-order valence-corrected chi connectivity index (χ0v) is 20.5. The Balaban J connectivity index is 1.86. The fourth-order valence-electron chi connectivity index (χ4n) is 4.68. The van der Waals surface area contributed by atoms with E-state index in [1.165, 1.54) is 11.1 Å². The molecule has 0 radical (unpaired) electrons. The topological polar surface area (TPSA) is 109 Å². The number of carbonyl (C=O) groups is 2. The minimum absolute atomic E-state index is 0.00272. The van der Waals surface area contributed by atoms with Gasteiger partial charge in [0.1, 0.15) is 6.17 Å². The summed E-state index contributed by atoms with van der Waals surface area (Å²) < 4.78 is 5.12. The Bertz CT molecular complexity index is 951. The van der Waals surface area contributed by atoms with Crippen molar-refractivity contribution in [2.75, 3.05) is 19.7 Å². The summed E-state index contributed by atoms with van der Waals surface area (Å²) in [5.74, 6) is 5.21. The van der Waals surface area contributed by atoms with Gasteiger partial charge in [-0.1, -0.05) is 43.4 Å². The molecule has 8 heteroatoms. The molecular weight excluding hydrogens is 430 g/mol. The van der Waals surface area contributed by atoms with E-state index in [4.69, 9.17) is 10.6 Å². The van der Waals surface area contributed by atoms with Crippen LogP contribution in [0.4, 0.5) is 0 Å². The maximum Gasteiger partial charge on any atom is 0.333 e. The third kappa shape index (κ3) is 6.32. The van der Waals surface area contributed by atoms with Crippen LogP contribution in [0.3, 0.4) is 0 Å². The summed E-state index contributed by atoms with van der Waals surface area (Å²) in [7, 11) is 0. The van der Waals surface area contributed by atoms with Crippen LogP contribution in [0.25, 0.3) is 0 Å². The average molecular weight is 468 g/mol. The Kier molecular flexibility index (Phi) is 9.39. The van der Waals surface area contributed by atoms with E-state index in [1.54, 1.807) is 0 Å². The van der Waals surface area contributed by atoms with Gasteiger partial charge in [-0.3, -0.25) is 10.1 Å². The molecule has 3 aliphatic rings. The van der Waals surface area contributed by atoms with E-state index >= 15 is 0 Å². The van der Waals surface area contributed by atoms with Gasteiger partial charge >= 0.3 is 5.97 Å². The number of esters is 1. The lowest BCUT2D eigenvalue weighted by atomic mass is 9.84. The molecular formula is C26H37N5O3. The van der Waals surface area contributed by atoms with Crippen LogP contribution < -0.4 is 11.2 Å². The lowest BCUT2D eigenvalue weighted by Gasteiger charge is -2.27. The predicted molar refractivity (Wildman–Crippen MR) is 132 cm³/mol. The van der Waals surface area contributed by atoms with Crippen LogP contribution in [0.2, 0.25) is 0 Å². The van der Waals surface area contributed by atoms with Crippen LogP contribution in [-0.4, -0.2) is 48.7 Å². The minimum atomic E-state index is -0.365. The number of nitrogens with zero attached hydrogens (tertiary/aromatic N) is 3. The van der Waals surface area contributed by atoms with Crippen LogP contribution in [0, 0.1) is 0 Å². The molecule has 3 rings (SSSR count). The second-order valence-corrected chi connectivity index (χ2v) is 8.80. The molecule has 184 valence electrons. The number of hydrogen-bond acceptors (Lipinski definition) is 6. The molecule has 0 aromatic rings. The molecule has 0 bridgehead atoms. The number of rotatable bonds is 9. The van der Waals surface area contributed by atoms with E-state index in [0.717, 1.165) is 49.9 Å². The van der Waals surface area contributed by atoms with Crippen molar-refractivity contribution in [3.8, 4) is 0 Å². The first-order chi connectivity index (χ1) is 16.5. The van der Waals surface area contributed by atoms with Crippen molar-refractivity contribution >= 4 is 11.9 Å². The van der Waals surface area contributed by atoms with Gasteiger partial charge in [-0.15, -0.1) is 0 Å². The first kappa shape index (κ1) is 25.6. The molecule has 1 aliphatic heterocycles. The Morgan fingerprint density at radius 3 is 2.38 bits per heavy atom. The zero-order valence-electron chi connectivity index (χ0n) is 20.5. The normalized spacial score (nSPS) is 22.5. The molecule has 0 aromatic carbocycles. The van der Waals surface area contributed by atoms with Gasteiger partial charge in [0, 0.05) is 36.7 Å². The Labute approximate surface area is 202 Å². The molecule has 0 spiro atoms. The average Bonchev–Trinajstić information content (AvgIpc) is 3.02. The van der Waals surface area contributed by atoms with E-state index in [2.05, 4.69) is 41.7 Å². The van der Waals surface area contributed by atoms with Gasteiger partial charge in [0.05, 0.1) is 6.61 Å². The summed E-state index contributed by atoms with van der Waals surface area (Å²) in [5, 5.41) is 11.2. The molecule has 0 aromatic heterocycles. The maximum absolute atomic E-state index is 13.3. The highest BCUT2D eigenvalue weighted by atomic mass is 16.5. The monoisotopic (exact) mass is 467 g/mol. The van der Waals surface area contributed by atoms with E-state index < -0.39 is 0 Å². The van der Waals surface area contributed by atoms with Gasteiger partial charge in [0.25, 0.3) is 0 Å². The van der Waals surface area contributed by atoms with Gasteiger partial charge in [-0.05, 0) is 61.8 Å². The van der Waals surface area contributed by atoms with Crippen molar-refractivity contribution in [3.05, 3.63) is 58.2 Å². The highest BCUT2D eigenvalue weighted by Gasteiger charge is 2.30. The number of carbonyl (C=O) groups excluding carboxylic acids is 2. The molecule has 8 nitrogen and oxygen atoms in total. The maximum atomic E-state index is 13.3. The second kappa shape index (κ2) is 12.5. The Morgan fingerprint density at radius 1 is 1.03 bits per heavy atom. The van der Waals surface area contributed by atoms with Gasteiger partial charge in [0.15, 0.2) is 0 Å². The van der Waals surface area contributed by atoms with E-state index in [-0.39, 0.29) is 24.1 Å². The van der Waals surface area contributed by atoms with Gasteiger partial charge in [-0.2, -0.15) is 5.11 Å². The summed E-state index contributed by atoms with van der Waals surface area (Å²) in [4.78, 5) is 27.3. The van der Waals surface area contributed by atoms with Crippen LogP contribution >= 0.6 is 0 Å². The SMILES string of the molecule is CCCN(CCC)C(=O)C1=CC2=CC=C(C3=CC=C(C(=O)OCC)CC3)CC2NC(N=NN)C1. The first-order valence-corrected chi connectivity index (χ1v) is 12.3. The number of hydrogen-bond donors (Lipinski definition) is 2. The van der Waals surface area contributed by atoms with Crippen LogP contribution in [0.1, 0.15) is 59.3 Å². The number of ether oxygens (including phenoxy) is 1. The predicted octanol–water partition coefficient (Wildman–Crippen LogP) is 4.04. The molecule has 2 atom stereocenters. The van der Waals surface area contributed by atoms with Crippen LogP contribution in [0.15, 0.2) is 68.6 Å². The summed E-state index contributed by atoms with van der Waals surface area (Å²) >= 11 is 0. The summed E-state index contributed by atoms with van der Waals surface area (Å²) in [5.41, 5.74) is 4.93. The second-order valence-electron chi connectivity index (χ2n) is 8.80. The molecule has 3 N–H and O–H groups in total. The summed E-state index contributed by atoms with van der Waals surface area (Å²) in [6.07, 6.45) is 14.3. The molecule has 34 heavy (non-hydrogen) atoms. The number of nitrogens with one attached hydrogen (secondary N) is 1. The zero-order chi connectivity index (χ0) is 24.5. The van der Waals surface area contributed by atoms with E-state index in [0.29, 0.717) is 25.0 Å². The number of amides is 1.